The van der Waals surface area contributed by atoms with E-state index in [2.05, 4.69) is 63.9 Å². The molecule has 1 aromatic carbocycles. The van der Waals surface area contributed by atoms with Crippen molar-refractivity contribution in [2.24, 2.45) is 17.3 Å². The summed E-state index contributed by atoms with van der Waals surface area (Å²) in [5.41, 5.74) is 0.898. The summed E-state index contributed by atoms with van der Waals surface area (Å²) >= 11 is 0. The van der Waals surface area contributed by atoms with Crippen molar-refractivity contribution in [2.75, 3.05) is 0 Å². The number of rotatable bonds is 4. The van der Waals surface area contributed by atoms with Gasteiger partial charge in [0, 0.05) is 0 Å². The van der Waals surface area contributed by atoms with Crippen LogP contribution in [0, 0.1) is 17.3 Å². The fourth-order valence-electron chi connectivity index (χ4n) is 4.81. The maximum absolute atomic E-state index is 11.7. The third-order valence-corrected chi connectivity index (χ3v) is 9.98. The van der Waals surface area contributed by atoms with Crippen LogP contribution in [0.5, 0.6) is 0 Å². The Balaban J connectivity index is 1.87. The predicted octanol–water partition coefficient (Wildman–Crippen LogP) is 4.35. The first-order valence-electron chi connectivity index (χ1n) is 8.61. The Morgan fingerprint density at radius 3 is 2.50 bits per heavy atom. The topological polar surface area (TPSA) is 20.2 Å². The van der Waals surface area contributed by atoms with E-state index in [1.54, 1.807) is 0 Å². The first kappa shape index (κ1) is 16.0. The van der Waals surface area contributed by atoms with Gasteiger partial charge in [0.1, 0.15) is 0 Å². The third kappa shape index (κ3) is 2.50. The normalized spacial score (nSPS) is 37.5. The smallest absolute Gasteiger partial charge is 0.0834 e. The van der Waals surface area contributed by atoms with Crippen LogP contribution in [-0.4, -0.2) is 18.8 Å². The minimum Gasteiger partial charge on any atom is -0.390 e. The van der Waals surface area contributed by atoms with E-state index in [1.807, 2.05) is 0 Å². The van der Waals surface area contributed by atoms with E-state index in [1.165, 1.54) is 23.6 Å². The van der Waals surface area contributed by atoms with Crippen molar-refractivity contribution in [1.29, 1.82) is 0 Å². The van der Waals surface area contributed by atoms with Crippen molar-refractivity contribution in [3.8, 4) is 0 Å². The predicted molar refractivity (Wildman–Crippen MR) is 97.1 cm³/mol. The van der Waals surface area contributed by atoms with Gasteiger partial charge in [0.2, 0.25) is 0 Å². The van der Waals surface area contributed by atoms with E-state index in [0.29, 0.717) is 11.8 Å². The van der Waals surface area contributed by atoms with E-state index in [4.69, 9.17) is 0 Å². The van der Waals surface area contributed by atoms with Crippen molar-refractivity contribution >= 4 is 13.3 Å². The van der Waals surface area contributed by atoms with E-state index in [-0.39, 0.29) is 5.41 Å². The van der Waals surface area contributed by atoms with Crippen LogP contribution >= 0.6 is 0 Å². The van der Waals surface area contributed by atoms with E-state index in [0.717, 1.165) is 12.5 Å². The number of aliphatic hydroxyl groups is 1. The summed E-state index contributed by atoms with van der Waals surface area (Å²) in [5.74, 6) is 1.21. The zero-order chi connectivity index (χ0) is 16.2. The number of fused-ring (bicyclic) bond motifs is 1. The molecule has 2 aliphatic carbocycles. The highest BCUT2D eigenvalue weighted by Gasteiger charge is 2.66. The first-order chi connectivity index (χ1) is 10.2. The van der Waals surface area contributed by atoms with Crippen LogP contribution in [-0.2, 0) is 0 Å². The molecule has 0 spiro atoms. The molecule has 1 nitrogen and oxygen atoms in total. The molecule has 4 atom stereocenters. The Bertz CT molecular complexity index is 579. The summed E-state index contributed by atoms with van der Waals surface area (Å²) in [6.07, 6.45) is 3.35. The lowest BCUT2D eigenvalue weighted by Crippen LogP contribution is -2.54. The Morgan fingerprint density at radius 1 is 1.27 bits per heavy atom. The highest BCUT2D eigenvalue weighted by Crippen LogP contribution is 2.68. The van der Waals surface area contributed by atoms with Crippen molar-refractivity contribution < 1.29 is 5.11 Å². The zero-order valence-electron chi connectivity index (χ0n) is 14.5. The molecule has 2 saturated carbocycles. The van der Waals surface area contributed by atoms with Gasteiger partial charge in [-0.15, -0.1) is 0 Å². The van der Waals surface area contributed by atoms with E-state index < -0.39 is 13.7 Å². The monoisotopic (exact) mass is 314 g/mol. The second kappa shape index (κ2) is 5.07. The molecule has 22 heavy (non-hydrogen) atoms. The second-order valence-corrected chi connectivity index (χ2v) is 13.5. The van der Waals surface area contributed by atoms with Gasteiger partial charge in [0.05, 0.1) is 13.7 Å². The van der Waals surface area contributed by atoms with E-state index in [9.17, 15) is 5.11 Å². The summed E-state index contributed by atoms with van der Waals surface area (Å²) in [5, 5.41) is 13.1. The van der Waals surface area contributed by atoms with Crippen molar-refractivity contribution in [3.63, 3.8) is 0 Å². The molecule has 0 radical (unpaired) electrons. The molecule has 0 heterocycles. The average Bonchev–Trinajstić information content (AvgIpc) is 3.12. The summed E-state index contributed by atoms with van der Waals surface area (Å²) < 4.78 is 0. The van der Waals surface area contributed by atoms with Crippen molar-refractivity contribution in [3.05, 3.63) is 42.5 Å². The molecule has 2 fully saturated rings. The van der Waals surface area contributed by atoms with Crippen molar-refractivity contribution in [2.45, 2.75) is 57.8 Å². The van der Waals surface area contributed by atoms with Crippen molar-refractivity contribution in [1.82, 2.24) is 0 Å². The quantitative estimate of drug-likeness (QED) is 0.647. The largest absolute Gasteiger partial charge is 0.390 e. The maximum atomic E-state index is 11.7. The molecule has 1 N–H and O–H groups in total. The summed E-state index contributed by atoms with van der Waals surface area (Å²) in [4.78, 5) is 0. The lowest BCUT2D eigenvalue weighted by molar-refractivity contribution is -0.0517. The molecule has 2 heteroatoms. The molecule has 1 aromatic rings. The Kier molecular flexibility index (Phi) is 3.69. The third-order valence-electron chi connectivity index (χ3n) is 6.61. The molecular weight excluding hydrogens is 284 g/mol. The van der Waals surface area contributed by atoms with Crippen LogP contribution < -0.4 is 5.19 Å². The van der Waals surface area contributed by atoms with Crippen LogP contribution in [0.2, 0.25) is 19.1 Å². The number of hydrogen-bond acceptors (Lipinski definition) is 1. The van der Waals surface area contributed by atoms with Gasteiger partial charge in [-0.1, -0.05) is 67.7 Å². The summed E-state index contributed by atoms with van der Waals surface area (Å²) in [6, 6.07) is 11.8. The molecule has 0 amide bonds. The lowest BCUT2D eigenvalue weighted by atomic mass is 9.70. The number of allylic oxidation sites excluding steroid dienone is 1. The molecular formula is C20H30OSi. The second-order valence-electron chi connectivity index (χ2n) is 8.76. The molecule has 3 rings (SSSR count). The fraction of sp³-hybridized carbons (Fsp3) is 0.600. The summed E-state index contributed by atoms with van der Waals surface area (Å²) in [7, 11) is -1.65. The Morgan fingerprint density at radius 2 is 1.91 bits per heavy atom. The molecule has 0 bridgehead atoms. The SMILES string of the molecule is C=C(C)[C@@H]1C[C@H]2C[C@@]2(C)C(O)(C[Si](C)(C)c2ccccc2)C1. The molecule has 2 aliphatic rings. The van der Waals surface area contributed by atoms with Gasteiger partial charge in [0.15, 0.2) is 0 Å². The highest BCUT2D eigenvalue weighted by molar-refractivity contribution is 6.90. The molecule has 0 aliphatic heterocycles. The van der Waals surface area contributed by atoms with Crippen LogP contribution in [0.4, 0.5) is 0 Å². The van der Waals surface area contributed by atoms with Gasteiger partial charge in [-0.25, -0.2) is 0 Å². The van der Waals surface area contributed by atoms with Crippen LogP contribution in [0.3, 0.4) is 0 Å². The van der Waals surface area contributed by atoms with Gasteiger partial charge in [0.25, 0.3) is 0 Å². The molecule has 0 aromatic heterocycles. The average molecular weight is 315 g/mol. The Hall–Kier alpha value is -0.863. The van der Waals surface area contributed by atoms with Gasteiger partial charge in [-0.2, -0.15) is 0 Å². The molecule has 120 valence electrons. The first-order valence-corrected chi connectivity index (χ1v) is 11.8. The molecule has 0 saturated heterocycles. The van der Waals surface area contributed by atoms with Crippen LogP contribution in [0.1, 0.15) is 33.1 Å². The number of benzene rings is 1. The minimum absolute atomic E-state index is 0.151. The number of hydrogen-bond donors (Lipinski definition) is 1. The van der Waals surface area contributed by atoms with E-state index >= 15 is 0 Å². The minimum atomic E-state index is -1.65. The zero-order valence-corrected chi connectivity index (χ0v) is 15.5. The molecule has 1 unspecified atom stereocenters. The Labute approximate surface area is 136 Å². The lowest BCUT2D eigenvalue weighted by Gasteiger charge is -2.46. The fourth-order valence-corrected chi connectivity index (χ4v) is 8.12. The summed E-state index contributed by atoms with van der Waals surface area (Å²) in [6.45, 7) is 13.4. The van der Waals surface area contributed by atoms with Gasteiger partial charge in [-0.3, -0.25) is 0 Å². The van der Waals surface area contributed by atoms with Crippen LogP contribution in [0.15, 0.2) is 42.5 Å². The van der Waals surface area contributed by atoms with Crippen LogP contribution in [0.25, 0.3) is 0 Å². The maximum Gasteiger partial charge on any atom is 0.0834 e. The van der Waals surface area contributed by atoms with Gasteiger partial charge >= 0.3 is 0 Å². The van der Waals surface area contributed by atoms with Gasteiger partial charge in [-0.05, 0) is 49.5 Å². The standard InChI is InChI=1S/C20H30OSi/c1-15(2)16-11-17-13-19(17,3)20(21,12-16)14-22(4,5)18-9-7-6-8-10-18/h6-10,16-17,21H,1,11-14H2,2-5H3/t16-,17+,19-,20?/m1/s1. The van der Waals surface area contributed by atoms with Gasteiger partial charge < -0.3 is 5.11 Å². The highest BCUT2D eigenvalue weighted by atomic mass is 28.3.